The number of aromatic nitrogens is 4. The summed E-state index contributed by atoms with van der Waals surface area (Å²) in [7, 11) is 1.87. The van der Waals surface area contributed by atoms with Crippen molar-refractivity contribution in [3.63, 3.8) is 0 Å². The maximum absolute atomic E-state index is 12.0. The van der Waals surface area contributed by atoms with Gasteiger partial charge in [-0.25, -0.2) is 0 Å². The molecule has 1 N–H and O–H groups in total. The smallest absolute Gasteiger partial charge is 0.230 e. The molecule has 0 unspecified atom stereocenters. The number of nitrogens with zero attached hydrogens (tertiary/aromatic N) is 4. The second-order valence-electron chi connectivity index (χ2n) is 5.13. The molecule has 0 radical (unpaired) electrons. The summed E-state index contributed by atoms with van der Waals surface area (Å²) < 4.78 is 1.84. The largest absolute Gasteiger partial charge is 0.351 e. The predicted molar refractivity (Wildman–Crippen MR) is 93.2 cm³/mol. The number of amides is 1. The number of hydrogen-bond acceptors (Lipinski definition) is 5. The Kier molecular flexibility index (Phi) is 5.22. The van der Waals surface area contributed by atoms with Crippen LogP contribution in [0.15, 0.2) is 59.9 Å². The van der Waals surface area contributed by atoms with Gasteiger partial charge >= 0.3 is 0 Å². The highest BCUT2D eigenvalue weighted by Crippen LogP contribution is 2.20. The molecule has 24 heavy (non-hydrogen) atoms. The van der Waals surface area contributed by atoms with Gasteiger partial charge < -0.3 is 9.88 Å². The summed E-state index contributed by atoms with van der Waals surface area (Å²) in [5.74, 6) is 0.940. The third kappa shape index (κ3) is 3.99. The van der Waals surface area contributed by atoms with Gasteiger partial charge in [-0.3, -0.25) is 9.78 Å². The van der Waals surface area contributed by atoms with Crippen molar-refractivity contribution in [2.75, 3.05) is 5.75 Å². The molecule has 0 fully saturated rings. The van der Waals surface area contributed by atoms with Crippen LogP contribution in [0.2, 0.25) is 0 Å². The molecule has 0 aliphatic heterocycles. The number of carbonyl (C=O) groups is 1. The van der Waals surface area contributed by atoms with Gasteiger partial charge in [-0.1, -0.05) is 48.2 Å². The summed E-state index contributed by atoms with van der Waals surface area (Å²) in [5.41, 5.74) is 1.83. The first-order valence-electron chi connectivity index (χ1n) is 7.48. The van der Waals surface area contributed by atoms with E-state index in [1.807, 2.05) is 60.1 Å². The minimum absolute atomic E-state index is 0.0359. The number of nitrogens with one attached hydrogen (secondary N) is 1. The van der Waals surface area contributed by atoms with Crippen LogP contribution in [0, 0.1) is 0 Å². The van der Waals surface area contributed by atoms with Crippen LogP contribution in [0.3, 0.4) is 0 Å². The molecule has 6 nitrogen and oxygen atoms in total. The lowest BCUT2D eigenvalue weighted by Crippen LogP contribution is -2.24. The van der Waals surface area contributed by atoms with Gasteiger partial charge in [0.15, 0.2) is 11.0 Å². The minimum atomic E-state index is -0.0359. The molecule has 0 aliphatic carbocycles. The van der Waals surface area contributed by atoms with Crippen LogP contribution >= 0.6 is 11.8 Å². The number of hydrogen-bond donors (Lipinski definition) is 1. The molecule has 0 saturated heterocycles. The van der Waals surface area contributed by atoms with Gasteiger partial charge in [0.05, 0.1) is 5.75 Å². The molecule has 1 aromatic carbocycles. The molecule has 0 saturated carbocycles. The van der Waals surface area contributed by atoms with E-state index in [-0.39, 0.29) is 5.91 Å². The normalized spacial score (nSPS) is 10.5. The fraction of sp³-hybridized carbons (Fsp3) is 0.176. The van der Waals surface area contributed by atoms with Gasteiger partial charge in [0.25, 0.3) is 0 Å². The van der Waals surface area contributed by atoms with Gasteiger partial charge in [0.1, 0.15) is 5.69 Å². The zero-order valence-corrected chi connectivity index (χ0v) is 14.0. The predicted octanol–water partition coefficient (Wildman–Crippen LogP) is 2.29. The van der Waals surface area contributed by atoms with Gasteiger partial charge in [-0.2, -0.15) is 0 Å². The first kappa shape index (κ1) is 16.2. The van der Waals surface area contributed by atoms with Crippen LogP contribution in [0.25, 0.3) is 11.5 Å². The van der Waals surface area contributed by atoms with Crippen molar-refractivity contribution in [3.8, 4) is 11.5 Å². The molecule has 3 aromatic rings. The van der Waals surface area contributed by atoms with Gasteiger partial charge in [-0.05, 0) is 17.7 Å². The van der Waals surface area contributed by atoms with E-state index in [1.165, 1.54) is 11.8 Å². The fourth-order valence-electron chi connectivity index (χ4n) is 2.14. The Bertz CT molecular complexity index is 804. The number of pyridine rings is 1. The third-order valence-corrected chi connectivity index (χ3v) is 4.41. The summed E-state index contributed by atoms with van der Waals surface area (Å²) in [5, 5.41) is 11.9. The topological polar surface area (TPSA) is 72.7 Å². The summed E-state index contributed by atoms with van der Waals surface area (Å²) in [4.78, 5) is 16.2. The van der Waals surface area contributed by atoms with Crippen molar-refractivity contribution in [2.45, 2.75) is 11.7 Å². The molecule has 0 spiro atoms. The average molecular weight is 339 g/mol. The first-order valence-corrected chi connectivity index (χ1v) is 8.47. The quantitative estimate of drug-likeness (QED) is 0.698. The Hall–Kier alpha value is -2.67. The van der Waals surface area contributed by atoms with E-state index in [4.69, 9.17) is 0 Å². The van der Waals surface area contributed by atoms with Crippen LogP contribution in [-0.2, 0) is 18.4 Å². The Morgan fingerprint density at radius 2 is 1.92 bits per heavy atom. The SMILES string of the molecule is Cn1c(SCC(=O)NCc2ccccc2)nnc1-c1ccccn1. The van der Waals surface area contributed by atoms with E-state index in [0.29, 0.717) is 23.3 Å². The molecule has 3 rings (SSSR count). The summed E-state index contributed by atoms with van der Waals surface area (Å²) in [6.07, 6.45) is 1.72. The highest BCUT2D eigenvalue weighted by atomic mass is 32.2. The molecule has 1 amide bonds. The second kappa shape index (κ2) is 7.74. The van der Waals surface area contributed by atoms with E-state index < -0.39 is 0 Å². The van der Waals surface area contributed by atoms with Crippen molar-refractivity contribution >= 4 is 17.7 Å². The van der Waals surface area contributed by atoms with Crippen molar-refractivity contribution in [2.24, 2.45) is 7.05 Å². The molecule has 122 valence electrons. The van der Waals surface area contributed by atoms with E-state index >= 15 is 0 Å². The zero-order valence-electron chi connectivity index (χ0n) is 13.2. The molecule has 0 atom stereocenters. The Morgan fingerprint density at radius 3 is 2.67 bits per heavy atom. The Labute approximate surface area is 144 Å². The molecular weight excluding hydrogens is 322 g/mol. The van der Waals surface area contributed by atoms with E-state index in [9.17, 15) is 4.79 Å². The Balaban J connectivity index is 1.55. The van der Waals surface area contributed by atoms with Crippen molar-refractivity contribution < 1.29 is 4.79 Å². The van der Waals surface area contributed by atoms with Crippen LogP contribution in [0.5, 0.6) is 0 Å². The van der Waals surface area contributed by atoms with Crippen LogP contribution in [0.1, 0.15) is 5.56 Å². The van der Waals surface area contributed by atoms with Gasteiger partial charge in [0, 0.05) is 19.8 Å². The number of benzene rings is 1. The van der Waals surface area contributed by atoms with Crippen molar-refractivity contribution in [1.29, 1.82) is 0 Å². The first-order chi connectivity index (χ1) is 11.7. The molecule has 7 heteroatoms. The lowest BCUT2D eigenvalue weighted by Gasteiger charge is -2.05. The monoisotopic (exact) mass is 339 g/mol. The summed E-state index contributed by atoms with van der Waals surface area (Å²) >= 11 is 1.36. The molecule has 2 heterocycles. The molecule has 0 bridgehead atoms. The van der Waals surface area contributed by atoms with Gasteiger partial charge in [0.2, 0.25) is 5.91 Å². The minimum Gasteiger partial charge on any atom is -0.351 e. The lowest BCUT2D eigenvalue weighted by atomic mass is 10.2. The summed E-state index contributed by atoms with van der Waals surface area (Å²) in [6, 6.07) is 15.5. The Morgan fingerprint density at radius 1 is 1.12 bits per heavy atom. The maximum Gasteiger partial charge on any atom is 0.230 e. The fourth-order valence-corrected chi connectivity index (χ4v) is 2.88. The van der Waals surface area contributed by atoms with Crippen molar-refractivity contribution in [1.82, 2.24) is 25.1 Å². The maximum atomic E-state index is 12.0. The van der Waals surface area contributed by atoms with Crippen LogP contribution in [0.4, 0.5) is 0 Å². The number of rotatable bonds is 6. The number of carbonyl (C=O) groups excluding carboxylic acids is 1. The van der Waals surface area contributed by atoms with Crippen molar-refractivity contribution in [3.05, 3.63) is 60.3 Å². The summed E-state index contributed by atoms with van der Waals surface area (Å²) in [6.45, 7) is 0.526. The van der Waals surface area contributed by atoms with E-state index in [1.54, 1.807) is 6.20 Å². The second-order valence-corrected chi connectivity index (χ2v) is 6.07. The third-order valence-electron chi connectivity index (χ3n) is 3.39. The zero-order chi connectivity index (χ0) is 16.8. The molecular formula is C17H17N5OS. The highest BCUT2D eigenvalue weighted by molar-refractivity contribution is 7.99. The lowest BCUT2D eigenvalue weighted by molar-refractivity contribution is -0.118. The van der Waals surface area contributed by atoms with E-state index in [2.05, 4.69) is 20.5 Å². The number of thioether (sulfide) groups is 1. The van der Waals surface area contributed by atoms with Crippen LogP contribution < -0.4 is 5.32 Å². The van der Waals surface area contributed by atoms with Crippen LogP contribution in [-0.4, -0.2) is 31.4 Å². The van der Waals surface area contributed by atoms with E-state index in [0.717, 1.165) is 11.3 Å². The molecule has 0 aliphatic rings. The average Bonchev–Trinajstić information content (AvgIpc) is 3.00. The highest BCUT2D eigenvalue weighted by Gasteiger charge is 2.13. The molecule has 2 aromatic heterocycles. The van der Waals surface area contributed by atoms with Gasteiger partial charge in [-0.15, -0.1) is 10.2 Å². The standard InChI is InChI=1S/C17H17N5OS/c1-22-16(14-9-5-6-10-18-14)20-21-17(22)24-12-15(23)19-11-13-7-3-2-4-8-13/h2-10H,11-12H2,1H3,(H,19,23).